The lowest BCUT2D eigenvalue weighted by molar-refractivity contribution is 0.0725. The second-order valence-electron chi connectivity index (χ2n) is 5.79. The Hall–Kier alpha value is 0.230. The van der Waals surface area contributed by atoms with E-state index in [0.717, 1.165) is 26.1 Å². The molecule has 0 aromatic carbocycles. The van der Waals surface area contributed by atoms with Crippen molar-refractivity contribution in [2.24, 2.45) is 5.73 Å². The van der Waals surface area contributed by atoms with Crippen LogP contribution in [0.3, 0.4) is 0 Å². The van der Waals surface area contributed by atoms with E-state index in [2.05, 4.69) is 37.4 Å². The van der Waals surface area contributed by atoms with Gasteiger partial charge in [0.25, 0.3) is 0 Å². The van der Waals surface area contributed by atoms with Gasteiger partial charge in [0.2, 0.25) is 0 Å². The average molecular weight is 260 g/mol. The number of nitrogens with zero attached hydrogens (tertiary/aromatic N) is 1. The monoisotopic (exact) mass is 260 g/mol. The number of nitrogens with two attached hydrogens (primary N) is 1. The SMILES string of the molecule is COCCC(C)(CN)N1CCSC(C)(C)CC1. The Kier molecular flexibility index (Phi) is 5.77. The molecule has 0 amide bonds. The molecule has 0 radical (unpaired) electrons. The molecule has 0 aromatic heterocycles. The van der Waals surface area contributed by atoms with Crippen molar-refractivity contribution in [1.82, 2.24) is 4.90 Å². The second-order valence-corrected chi connectivity index (χ2v) is 7.59. The van der Waals surface area contributed by atoms with Gasteiger partial charge in [-0.2, -0.15) is 11.8 Å². The van der Waals surface area contributed by atoms with Crippen molar-refractivity contribution in [2.75, 3.05) is 39.1 Å². The van der Waals surface area contributed by atoms with Crippen LogP contribution in [0.4, 0.5) is 0 Å². The van der Waals surface area contributed by atoms with Gasteiger partial charge in [-0.05, 0) is 19.8 Å². The first kappa shape index (κ1) is 15.3. The summed E-state index contributed by atoms with van der Waals surface area (Å²) in [5.74, 6) is 1.20. The van der Waals surface area contributed by atoms with Gasteiger partial charge in [0.15, 0.2) is 0 Å². The molecule has 4 heteroatoms. The molecule has 0 aromatic rings. The first-order chi connectivity index (χ1) is 7.93. The van der Waals surface area contributed by atoms with E-state index in [1.165, 1.54) is 12.2 Å². The molecular formula is C13H28N2OS. The summed E-state index contributed by atoms with van der Waals surface area (Å²) < 4.78 is 5.62. The molecule has 1 aliphatic heterocycles. The van der Waals surface area contributed by atoms with Gasteiger partial charge >= 0.3 is 0 Å². The molecule has 1 aliphatic rings. The maximum atomic E-state index is 5.99. The van der Waals surface area contributed by atoms with Crippen LogP contribution in [-0.2, 0) is 4.74 Å². The summed E-state index contributed by atoms with van der Waals surface area (Å²) >= 11 is 2.08. The van der Waals surface area contributed by atoms with Gasteiger partial charge < -0.3 is 10.5 Å². The fourth-order valence-corrected chi connectivity index (χ4v) is 3.37. The largest absolute Gasteiger partial charge is 0.385 e. The Morgan fingerprint density at radius 1 is 1.41 bits per heavy atom. The fraction of sp³-hybridized carbons (Fsp3) is 1.00. The smallest absolute Gasteiger partial charge is 0.0480 e. The number of hydrogen-bond donors (Lipinski definition) is 1. The van der Waals surface area contributed by atoms with Crippen molar-refractivity contribution in [1.29, 1.82) is 0 Å². The highest BCUT2D eigenvalue weighted by molar-refractivity contribution is 8.00. The number of ether oxygens (including phenoxy) is 1. The number of hydrogen-bond acceptors (Lipinski definition) is 4. The van der Waals surface area contributed by atoms with Crippen LogP contribution in [0.15, 0.2) is 0 Å². The molecule has 0 spiro atoms. The lowest BCUT2D eigenvalue weighted by Crippen LogP contribution is -2.53. The molecule has 1 fully saturated rings. The normalized spacial score (nSPS) is 25.2. The van der Waals surface area contributed by atoms with Crippen LogP contribution in [0.25, 0.3) is 0 Å². The summed E-state index contributed by atoms with van der Waals surface area (Å²) in [5.41, 5.74) is 6.09. The molecule has 0 bridgehead atoms. The highest BCUT2D eigenvalue weighted by atomic mass is 32.2. The molecule has 0 aliphatic carbocycles. The third kappa shape index (κ3) is 4.43. The summed E-state index contributed by atoms with van der Waals surface area (Å²) in [6.07, 6.45) is 2.26. The highest BCUT2D eigenvalue weighted by Crippen LogP contribution is 2.33. The van der Waals surface area contributed by atoms with Crippen molar-refractivity contribution in [3.63, 3.8) is 0 Å². The quantitative estimate of drug-likeness (QED) is 0.820. The third-order valence-electron chi connectivity index (χ3n) is 3.89. The second kappa shape index (κ2) is 6.41. The zero-order valence-electron chi connectivity index (χ0n) is 11.8. The molecule has 102 valence electrons. The highest BCUT2D eigenvalue weighted by Gasteiger charge is 2.33. The van der Waals surface area contributed by atoms with E-state index in [9.17, 15) is 0 Å². The van der Waals surface area contributed by atoms with Crippen molar-refractivity contribution >= 4 is 11.8 Å². The van der Waals surface area contributed by atoms with Crippen LogP contribution in [-0.4, -0.2) is 54.3 Å². The molecule has 1 unspecified atom stereocenters. The van der Waals surface area contributed by atoms with E-state index in [1.807, 2.05) is 0 Å². The summed E-state index contributed by atoms with van der Waals surface area (Å²) in [4.78, 5) is 2.56. The minimum atomic E-state index is 0.0942. The minimum Gasteiger partial charge on any atom is -0.385 e. The van der Waals surface area contributed by atoms with Crippen LogP contribution < -0.4 is 5.73 Å². The first-order valence-corrected chi connectivity index (χ1v) is 7.50. The molecule has 17 heavy (non-hydrogen) atoms. The summed E-state index contributed by atoms with van der Waals surface area (Å²) in [6, 6.07) is 0. The van der Waals surface area contributed by atoms with Gasteiger partial charge in [0, 0.05) is 49.4 Å². The van der Waals surface area contributed by atoms with E-state index in [-0.39, 0.29) is 5.54 Å². The van der Waals surface area contributed by atoms with Gasteiger partial charge in [0.1, 0.15) is 0 Å². The van der Waals surface area contributed by atoms with Gasteiger partial charge in [0.05, 0.1) is 0 Å². The van der Waals surface area contributed by atoms with E-state index < -0.39 is 0 Å². The number of thioether (sulfide) groups is 1. The maximum Gasteiger partial charge on any atom is 0.0480 e. The zero-order valence-corrected chi connectivity index (χ0v) is 12.6. The third-order valence-corrected chi connectivity index (χ3v) is 5.26. The van der Waals surface area contributed by atoms with Gasteiger partial charge in [-0.3, -0.25) is 4.90 Å². The topological polar surface area (TPSA) is 38.5 Å². The Morgan fingerprint density at radius 2 is 2.12 bits per heavy atom. The molecule has 1 atom stereocenters. The lowest BCUT2D eigenvalue weighted by atomic mass is 9.94. The first-order valence-electron chi connectivity index (χ1n) is 6.51. The van der Waals surface area contributed by atoms with E-state index >= 15 is 0 Å². The fourth-order valence-electron chi connectivity index (χ4n) is 2.27. The average Bonchev–Trinajstić information content (AvgIpc) is 2.47. The minimum absolute atomic E-state index is 0.0942. The van der Waals surface area contributed by atoms with Crippen molar-refractivity contribution < 1.29 is 4.74 Å². The molecule has 1 rings (SSSR count). The van der Waals surface area contributed by atoms with E-state index in [0.29, 0.717) is 11.3 Å². The lowest BCUT2D eigenvalue weighted by Gasteiger charge is -2.40. The molecule has 1 saturated heterocycles. The van der Waals surface area contributed by atoms with Crippen LogP contribution in [0.1, 0.15) is 33.6 Å². The summed E-state index contributed by atoms with van der Waals surface area (Å²) in [7, 11) is 1.76. The van der Waals surface area contributed by atoms with E-state index in [1.54, 1.807) is 7.11 Å². The zero-order chi connectivity index (χ0) is 12.9. The van der Waals surface area contributed by atoms with Crippen LogP contribution in [0.5, 0.6) is 0 Å². The molecule has 0 saturated carbocycles. The van der Waals surface area contributed by atoms with Gasteiger partial charge in [-0.1, -0.05) is 13.8 Å². The number of rotatable bonds is 5. The predicted octanol–water partition coefficient (Wildman–Crippen LogP) is 1.96. The molecule has 2 N–H and O–H groups in total. The maximum absolute atomic E-state index is 5.99. The Labute approximate surface area is 110 Å². The predicted molar refractivity (Wildman–Crippen MR) is 76.7 cm³/mol. The summed E-state index contributed by atoms with van der Waals surface area (Å²) in [5, 5.41) is 0. The van der Waals surface area contributed by atoms with Crippen LogP contribution in [0, 0.1) is 0 Å². The van der Waals surface area contributed by atoms with Crippen molar-refractivity contribution in [3.8, 4) is 0 Å². The van der Waals surface area contributed by atoms with Crippen LogP contribution in [0.2, 0.25) is 0 Å². The van der Waals surface area contributed by atoms with Gasteiger partial charge in [-0.15, -0.1) is 0 Å². The molecular weight excluding hydrogens is 232 g/mol. The Morgan fingerprint density at radius 3 is 2.71 bits per heavy atom. The van der Waals surface area contributed by atoms with Crippen molar-refractivity contribution in [2.45, 2.75) is 43.9 Å². The van der Waals surface area contributed by atoms with Crippen molar-refractivity contribution in [3.05, 3.63) is 0 Å². The Balaban J connectivity index is 2.62. The van der Waals surface area contributed by atoms with Gasteiger partial charge in [-0.25, -0.2) is 0 Å². The van der Waals surface area contributed by atoms with Crippen LogP contribution >= 0.6 is 11.8 Å². The van der Waals surface area contributed by atoms with E-state index in [4.69, 9.17) is 10.5 Å². The molecule has 1 heterocycles. The Bertz CT molecular complexity index is 235. The molecule has 3 nitrogen and oxygen atoms in total. The standard InChI is InChI=1S/C13H28N2OS/c1-12(2)5-7-15(8-10-17-12)13(3,11-14)6-9-16-4/h5-11,14H2,1-4H3. The summed E-state index contributed by atoms with van der Waals surface area (Å²) in [6.45, 7) is 10.8. The number of methoxy groups -OCH3 is 1.